The van der Waals surface area contributed by atoms with Crippen LogP contribution in [0.2, 0.25) is 0 Å². The molecule has 54 valence electrons. The fourth-order valence-electron chi connectivity index (χ4n) is 0.462. The van der Waals surface area contributed by atoms with Crippen LogP contribution in [0.3, 0.4) is 0 Å². The summed E-state index contributed by atoms with van der Waals surface area (Å²) in [6.45, 7) is 0. The van der Waals surface area contributed by atoms with Gasteiger partial charge in [0.15, 0.2) is 6.29 Å². The summed E-state index contributed by atoms with van der Waals surface area (Å²) in [4.78, 5) is 9.88. The zero-order chi connectivity index (χ0) is 7.56. The highest BCUT2D eigenvalue weighted by Crippen LogP contribution is 2.18. The van der Waals surface area contributed by atoms with Crippen molar-refractivity contribution in [3.8, 4) is 0 Å². The second kappa shape index (κ2) is 2.55. The molecular formula is C5H3F2NO2. The number of nitrogens with zero attached hydrogens (tertiary/aromatic N) is 1. The van der Waals surface area contributed by atoms with E-state index in [2.05, 4.69) is 9.68 Å². The van der Waals surface area contributed by atoms with Gasteiger partial charge in [-0.05, 0) is 0 Å². The summed E-state index contributed by atoms with van der Waals surface area (Å²) in [6, 6.07) is 0.900. The zero-order valence-electron chi connectivity index (χ0n) is 4.75. The molecule has 0 N–H and O–H groups in total. The first-order chi connectivity index (χ1) is 4.74. The van der Waals surface area contributed by atoms with Crippen molar-refractivity contribution in [2.45, 2.75) is 6.43 Å². The fourth-order valence-corrected chi connectivity index (χ4v) is 0.462. The third-order valence-corrected chi connectivity index (χ3v) is 0.882. The van der Waals surface area contributed by atoms with Gasteiger partial charge < -0.3 is 4.52 Å². The van der Waals surface area contributed by atoms with Crippen LogP contribution in [0.1, 0.15) is 22.7 Å². The molecule has 0 aliphatic rings. The molecule has 0 unspecified atom stereocenters. The van der Waals surface area contributed by atoms with E-state index >= 15 is 0 Å². The minimum absolute atomic E-state index is 0.115. The molecule has 0 spiro atoms. The van der Waals surface area contributed by atoms with Gasteiger partial charge in [0, 0.05) is 6.07 Å². The van der Waals surface area contributed by atoms with E-state index in [0.717, 1.165) is 6.07 Å². The third kappa shape index (κ3) is 1.18. The second-order valence-electron chi connectivity index (χ2n) is 1.57. The van der Waals surface area contributed by atoms with Crippen molar-refractivity contribution < 1.29 is 18.1 Å². The summed E-state index contributed by atoms with van der Waals surface area (Å²) in [5, 5.41) is 3.03. The van der Waals surface area contributed by atoms with E-state index in [0.29, 0.717) is 6.29 Å². The molecule has 0 saturated heterocycles. The van der Waals surface area contributed by atoms with Gasteiger partial charge in [0.05, 0.1) is 0 Å². The molecule has 0 amide bonds. The number of rotatable bonds is 2. The van der Waals surface area contributed by atoms with Gasteiger partial charge in [0.1, 0.15) is 5.69 Å². The van der Waals surface area contributed by atoms with Crippen LogP contribution in [0.25, 0.3) is 0 Å². The van der Waals surface area contributed by atoms with Crippen LogP contribution < -0.4 is 0 Å². The Labute approximate surface area is 54.6 Å². The van der Waals surface area contributed by atoms with Crippen molar-refractivity contribution in [1.82, 2.24) is 5.16 Å². The fraction of sp³-hybridized carbons (Fsp3) is 0.200. The molecule has 0 fully saturated rings. The van der Waals surface area contributed by atoms with Gasteiger partial charge in [-0.15, -0.1) is 0 Å². The lowest BCUT2D eigenvalue weighted by Crippen LogP contribution is -1.76. The topological polar surface area (TPSA) is 43.1 Å². The summed E-state index contributed by atoms with van der Waals surface area (Å²) >= 11 is 0. The molecule has 5 heteroatoms. The van der Waals surface area contributed by atoms with E-state index in [9.17, 15) is 13.6 Å². The molecule has 1 heterocycles. The summed E-state index contributed by atoms with van der Waals surface area (Å²) in [5.74, 6) is -0.581. The number of carbonyl (C=O) groups is 1. The SMILES string of the molecule is O=Cc1cc(C(F)F)on1. The van der Waals surface area contributed by atoms with Gasteiger partial charge in [-0.25, -0.2) is 8.78 Å². The second-order valence-corrected chi connectivity index (χ2v) is 1.57. The molecule has 0 atom stereocenters. The Morgan fingerprint density at radius 2 is 2.40 bits per heavy atom. The lowest BCUT2D eigenvalue weighted by Gasteiger charge is -1.84. The Hall–Kier alpha value is -1.26. The molecule has 1 rings (SSSR count). The monoisotopic (exact) mass is 147 g/mol. The molecule has 0 radical (unpaired) electrons. The predicted octanol–water partition coefficient (Wildman–Crippen LogP) is 1.42. The first-order valence-electron chi connectivity index (χ1n) is 2.44. The lowest BCUT2D eigenvalue weighted by molar-refractivity contribution is 0.108. The Kier molecular flexibility index (Phi) is 1.75. The maximum Gasteiger partial charge on any atom is 0.298 e. The van der Waals surface area contributed by atoms with Crippen molar-refractivity contribution in [1.29, 1.82) is 0 Å². The quantitative estimate of drug-likeness (QED) is 0.594. The van der Waals surface area contributed by atoms with Crippen molar-refractivity contribution in [2.75, 3.05) is 0 Å². The molecule has 10 heavy (non-hydrogen) atoms. The van der Waals surface area contributed by atoms with Gasteiger partial charge in [-0.3, -0.25) is 4.79 Å². The van der Waals surface area contributed by atoms with Gasteiger partial charge in [-0.1, -0.05) is 5.16 Å². The van der Waals surface area contributed by atoms with Crippen molar-refractivity contribution in [2.24, 2.45) is 0 Å². The van der Waals surface area contributed by atoms with Gasteiger partial charge >= 0.3 is 0 Å². The predicted molar refractivity (Wildman–Crippen MR) is 26.8 cm³/mol. The molecular weight excluding hydrogens is 144 g/mol. The normalized spacial score (nSPS) is 10.3. The maximum atomic E-state index is 11.7. The number of hydrogen-bond donors (Lipinski definition) is 0. The smallest absolute Gasteiger partial charge is 0.298 e. The minimum atomic E-state index is -2.71. The third-order valence-electron chi connectivity index (χ3n) is 0.882. The lowest BCUT2D eigenvalue weighted by atomic mass is 10.4. The molecule has 0 aromatic carbocycles. The molecule has 0 saturated carbocycles. The highest BCUT2D eigenvalue weighted by Gasteiger charge is 2.12. The molecule has 3 nitrogen and oxygen atoms in total. The minimum Gasteiger partial charge on any atom is -0.355 e. The van der Waals surface area contributed by atoms with Crippen LogP contribution in [-0.4, -0.2) is 11.4 Å². The Balaban J connectivity index is 2.88. The Morgan fingerprint density at radius 3 is 2.70 bits per heavy atom. The number of alkyl halides is 2. The summed E-state index contributed by atoms with van der Waals surface area (Å²) in [7, 11) is 0. The highest BCUT2D eigenvalue weighted by molar-refractivity contribution is 5.71. The number of hydrogen-bond acceptors (Lipinski definition) is 3. The molecule has 0 aliphatic carbocycles. The Morgan fingerprint density at radius 1 is 1.70 bits per heavy atom. The summed E-state index contributed by atoms with van der Waals surface area (Å²) in [6.07, 6.45) is -2.36. The van der Waals surface area contributed by atoms with Crippen LogP contribution in [0.4, 0.5) is 8.78 Å². The van der Waals surface area contributed by atoms with Crippen LogP contribution in [-0.2, 0) is 0 Å². The van der Waals surface area contributed by atoms with Crippen LogP contribution in [0.5, 0.6) is 0 Å². The van der Waals surface area contributed by atoms with E-state index in [-0.39, 0.29) is 5.69 Å². The average Bonchev–Trinajstić information content (AvgIpc) is 2.34. The van der Waals surface area contributed by atoms with E-state index < -0.39 is 12.2 Å². The molecule has 1 aromatic heterocycles. The van der Waals surface area contributed by atoms with Crippen LogP contribution in [0.15, 0.2) is 10.6 Å². The van der Waals surface area contributed by atoms with Crippen molar-refractivity contribution in [3.63, 3.8) is 0 Å². The summed E-state index contributed by atoms with van der Waals surface area (Å²) < 4.78 is 27.4. The summed E-state index contributed by atoms with van der Waals surface area (Å²) in [5.41, 5.74) is -0.115. The molecule has 0 bridgehead atoms. The number of aldehydes is 1. The van der Waals surface area contributed by atoms with Gasteiger partial charge in [0.2, 0.25) is 5.76 Å². The van der Waals surface area contributed by atoms with Gasteiger partial charge in [-0.2, -0.15) is 0 Å². The first kappa shape index (κ1) is 6.85. The zero-order valence-corrected chi connectivity index (χ0v) is 4.75. The van der Waals surface area contributed by atoms with Crippen LogP contribution >= 0.6 is 0 Å². The molecule has 0 aliphatic heterocycles. The average molecular weight is 147 g/mol. The van der Waals surface area contributed by atoms with Crippen molar-refractivity contribution >= 4 is 6.29 Å². The highest BCUT2D eigenvalue weighted by atomic mass is 19.3. The largest absolute Gasteiger partial charge is 0.355 e. The van der Waals surface area contributed by atoms with E-state index in [1.165, 1.54) is 0 Å². The standard InChI is InChI=1S/C5H3F2NO2/c6-5(7)4-1-3(2-9)8-10-4/h1-2,5H. The number of aromatic nitrogens is 1. The number of halogens is 2. The van der Waals surface area contributed by atoms with E-state index in [1.807, 2.05) is 0 Å². The van der Waals surface area contributed by atoms with E-state index in [1.54, 1.807) is 0 Å². The van der Waals surface area contributed by atoms with Crippen molar-refractivity contribution in [3.05, 3.63) is 17.5 Å². The maximum absolute atomic E-state index is 11.7. The Bertz CT molecular complexity index is 233. The first-order valence-corrected chi connectivity index (χ1v) is 2.44. The number of carbonyl (C=O) groups excluding carboxylic acids is 1. The van der Waals surface area contributed by atoms with Gasteiger partial charge in [0.25, 0.3) is 6.43 Å². The van der Waals surface area contributed by atoms with E-state index in [4.69, 9.17) is 0 Å². The molecule has 1 aromatic rings. The van der Waals surface area contributed by atoms with Crippen LogP contribution in [0, 0.1) is 0 Å².